The van der Waals surface area contributed by atoms with E-state index in [1.165, 1.54) is 0 Å². The number of hydrogen-bond donors (Lipinski definition) is 3. The van der Waals surface area contributed by atoms with E-state index in [-0.39, 0.29) is 49.1 Å². The number of alkyl halides is 5. The molecule has 1 saturated carbocycles. The number of urea groups is 2. The van der Waals surface area contributed by atoms with E-state index in [1.54, 1.807) is 18.2 Å². The molecule has 0 spiro atoms. The SMILES string of the molecule is CC(C)(C)[Si](C)(C)OC[C@@H](c1ccc2oc([C@@H](NC(N)=O)C3CCC(F)(F)CC3)nc2c1)N1C[C@@H](C(F)(F)F)NC1=O. The highest BCUT2D eigenvalue weighted by Crippen LogP contribution is 2.42. The number of halogens is 5. The van der Waals surface area contributed by atoms with Crippen molar-refractivity contribution in [3.8, 4) is 0 Å². The number of rotatable bonds is 8. The molecule has 0 bridgehead atoms. The molecule has 2 aromatic rings. The van der Waals surface area contributed by atoms with Crippen molar-refractivity contribution in [1.82, 2.24) is 20.5 Å². The summed E-state index contributed by atoms with van der Waals surface area (Å²) in [5, 5.41) is 4.40. The Kier molecular flexibility index (Phi) is 8.59. The maximum Gasteiger partial charge on any atom is 0.410 e. The number of hydrogen-bond acceptors (Lipinski definition) is 5. The summed E-state index contributed by atoms with van der Waals surface area (Å²) in [7, 11) is -2.36. The fourth-order valence-corrected chi connectivity index (χ4v) is 6.12. The van der Waals surface area contributed by atoms with Crippen LogP contribution in [-0.2, 0) is 4.43 Å². The van der Waals surface area contributed by atoms with Crippen LogP contribution in [0.4, 0.5) is 31.5 Å². The minimum absolute atomic E-state index is 0.0349. The Bertz CT molecular complexity index is 1300. The number of benzene rings is 1. The van der Waals surface area contributed by atoms with Crippen LogP contribution < -0.4 is 16.4 Å². The highest BCUT2D eigenvalue weighted by molar-refractivity contribution is 6.74. The number of carbonyl (C=O) groups excluding carboxylic acids is 2. The van der Waals surface area contributed by atoms with Gasteiger partial charge in [-0.3, -0.25) is 0 Å². The molecule has 2 fully saturated rings. The van der Waals surface area contributed by atoms with Crippen LogP contribution in [0.15, 0.2) is 22.6 Å². The van der Waals surface area contributed by atoms with Gasteiger partial charge in [-0.25, -0.2) is 23.4 Å². The van der Waals surface area contributed by atoms with E-state index in [1.807, 2.05) is 39.2 Å². The largest absolute Gasteiger partial charge is 0.438 e. The molecule has 1 aliphatic heterocycles. The Hall–Kier alpha value is -2.94. The Labute approximate surface area is 241 Å². The van der Waals surface area contributed by atoms with Gasteiger partial charge in [0, 0.05) is 12.8 Å². The van der Waals surface area contributed by atoms with E-state index >= 15 is 0 Å². The van der Waals surface area contributed by atoms with Crippen LogP contribution >= 0.6 is 0 Å². The van der Waals surface area contributed by atoms with Crippen LogP contribution in [0.25, 0.3) is 11.1 Å². The molecule has 3 atom stereocenters. The number of nitrogens with zero attached hydrogens (tertiary/aromatic N) is 2. The van der Waals surface area contributed by atoms with Crippen molar-refractivity contribution >= 4 is 31.5 Å². The van der Waals surface area contributed by atoms with Gasteiger partial charge in [-0.2, -0.15) is 13.2 Å². The molecule has 1 saturated heterocycles. The zero-order valence-corrected chi connectivity index (χ0v) is 25.3. The molecular weight excluding hydrogens is 581 g/mol. The number of primary amides is 1. The summed E-state index contributed by atoms with van der Waals surface area (Å²) >= 11 is 0. The third-order valence-electron chi connectivity index (χ3n) is 8.73. The second-order valence-corrected chi connectivity index (χ2v) is 17.6. The van der Waals surface area contributed by atoms with Crippen molar-refractivity contribution in [2.45, 2.75) is 94.8 Å². The van der Waals surface area contributed by atoms with Gasteiger partial charge in [0.05, 0.1) is 19.2 Å². The fraction of sp³-hybridized carbons (Fsp3) is 0.667. The van der Waals surface area contributed by atoms with Gasteiger partial charge in [-0.05, 0) is 54.6 Å². The third kappa shape index (κ3) is 6.98. The van der Waals surface area contributed by atoms with Crippen LogP contribution in [0.2, 0.25) is 18.1 Å². The van der Waals surface area contributed by atoms with Gasteiger partial charge in [0.25, 0.3) is 0 Å². The molecule has 1 aromatic heterocycles. The number of carbonyl (C=O) groups is 2. The van der Waals surface area contributed by atoms with E-state index in [4.69, 9.17) is 14.6 Å². The average molecular weight is 620 g/mol. The van der Waals surface area contributed by atoms with Crippen molar-refractivity contribution in [2.24, 2.45) is 11.7 Å². The highest BCUT2D eigenvalue weighted by atomic mass is 28.4. The average Bonchev–Trinajstić information content (AvgIpc) is 3.45. The zero-order chi connectivity index (χ0) is 31.3. The van der Waals surface area contributed by atoms with Crippen LogP contribution in [-0.4, -0.2) is 61.6 Å². The lowest BCUT2D eigenvalue weighted by atomic mass is 9.82. The maximum absolute atomic E-state index is 13.8. The molecule has 1 aromatic carbocycles. The predicted molar refractivity (Wildman–Crippen MR) is 147 cm³/mol. The lowest BCUT2D eigenvalue weighted by Gasteiger charge is -2.38. The van der Waals surface area contributed by atoms with Gasteiger partial charge >= 0.3 is 18.2 Å². The van der Waals surface area contributed by atoms with E-state index in [2.05, 4.69) is 10.3 Å². The molecular formula is C27H38F5N5O4Si. The number of nitrogens with two attached hydrogens (primary N) is 1. The first-order valence-corrected chi connectivity index (χ1v) is 16.8. The highest BCUT2D eigenvalue weighted by Gasteiger charge is 2.49. The van der Waals surface area contributed by atoms with E-state index in [9.17, 15) is 31.5 Å². The van der Waals surface area contributed by atoms with Gasteiger partial charge in [0.1, 0.15) is 17.6 Å². The quantitative estimate of drug-likeness (QED) is 0.234. The molecule has 4 amide bonds. The van der Waals surface area contributed by atoms with E-state index in [0.29, 0.717) is 16.7 Å². The van der Waals surface area contributed by atoms with E-state index < -0.39 is 57.1 Å². The second-order valence-electron chi connectivity index (χ2n) is 12.7. The standard InChI is InChI=1S/C27H38F5N5O4Si/c1-25(2,3)42(4,5)40-14-18(37-13-20(27(30,31)32)35-24(37)39)16-6-7-19-17(12-16)34-22(41-19)21(36-23(33)38)15-8-10-26(28,29)11-9-15/h6-7,12,15,18,20-21H,8-11,13-14H2,1-5H3,(H,35,39)(H3,33,36,38)/t18-,20-,21-/m0/s1. The normalized spacial score (nSPS) is 21.8. The number of fused-ring (bicyclic) bond motifs is 1. The molecule has 2 aliphatic rings. The first kappa shape index (κ1) is 32.0. The minimum atomic E-state index is -4.62. The molecule has 42 heavy (non-hydrogen) atoms. The number of amides is 4. The van der Waals surface area contributed by atoms with Gasteiger partial charge in [0.15, 0.2) is 13.9 Å². The number of nitrogens with one attached hydrogen (secondary N) is 2. The molecule has 15 heteroatoms. The lowest BCUT2D eigenvalue weighted by Crippen LogP contribution is -2.44. The maximum atomic E-state index is 13.8. The van der Waals surface area contributed by atoms with Crippen LogP contribution in [0.5, 0.6) is 0 Å². The molecule has 2 heterocycles. The molecule has 4 N–H and O–H groups in total. The summed E-state index contributed by atoms with van der Waals surface area (Å²) in [6, 6.07) is -0.641. The predicted octanol–water partition coefficient (Wildman–Crippen LogP) is 6.38. The molecule has 1 aliphatic carbocycles. The van der Waals surface area contributed by atoms with Crippen LogP contribution in [0, 0.1) is 5.92 Å². The van der Waals surface area contributed by atoms with Gasteiger partial charge in [0.2, 0.25) is 11.8 Å². The van der Waals surface area contributed by atoms with Crippen molar-refractivity contribution in [2.75, 3.05) is 13.2 Å². The molecule has 0 unspecified atom stereocenters. The number of oxazole rings is 1. The lowest BCUT2D eigenvalue weighted by molar-refractivity contribution is -0.150. The fourth-order valence-electron chi connectivity index (χ4n) is 5.11. The third-order valence-corrected chi connectivity index (χ3v) is 13.2. The van der Waals surface area contributed by atoms with Crippen molar-refractivity contribution in [3.63, 3.8) is 0 Å². The van der Waals surface area contributed by atoms with Gasteiger partial charge in [-0.1, -0.05) is 26.8 Å². The summed E-state index contributed by atoms with van der Waals surface area (Å²) in [4.78, 5) is 30.2. The first-order valence-electron chi connectivity index (χ1n) is 13.9. The molecule has 234 valence electrons. The summed E-state index contributed by atoms with van der Waals surface area (Å²) in [6.45, 7) is 9.48. The molecule has 4 rings (SSSR count). The van der Waals surface area contributed by atoms with Crippen LogP contribution in [0.1, 0.15) is 70.0 Å². The monoisotopic (exact) mass is 619 g/mol. The summed E-state index contributed by atoms with van der Waals surface area (Å²) in [5.41, 5.74) is 6.49. The topological polar surface area (TPSA) is 123 Å². The Morgan fingerprint density at radius 3 is 2.45 bits per heavy atom. The first-order chi connectivity index (χ1) is 19.3. The molecule has 9 nitrogen and oxygen atoms in total. The zero-order valence-electron chi connectivity index (χ0n) is 24.3. The number of aromatic nitrogens is 1. The summed E-state index contributed by atoms with van der Waals surface area (Å²) in [6.07, 6.45) is -5.05. The van der Waals surface area contributed by atoms with Gasteiger partial charge < -0.3 is 30.1 Å². The summed E-state index contributed by atoms with van der Waals surface area (Å²) < 4.78 is 80.4. The Balaban J connectivity index is 1.67. The van der Waals surface area contributed by atoms with Crippen LogP contribution in [0.3, 0.4) is 0 Å². The molecule has 0 radical (unpaired) electrons. The second kappa shape index (κ2) is 11.3. The smallest absolute Gasteiger partial charge is 0.410 e. The Morgan fingerprint density at radius 2 is 1.90 bits per heavy atom. The van der Waals surface area contributed by atoms with Crippen molar-refractivity contribution in [3.05, 3.63) is 29.7 Å². The Morgan fingerprint density at radius 1 is 1.26 bits per heavy atom. The van der Waals surface area contributed by atoms with E-state index in [0.717, 1.165) is 4.90 Å². The van der Waals surface area contributed by atoms with Crippen molar-refractivity contribution < 1.29 is 40.4 Å². The van der Waals surface area contributed by atoms with Gasteiger partial charge in [-0.15, -0.1) is 0 Å². The summed E-state index contributed by atoms with van der Waals surface area (Å²) in [5.74, 6) is -3.08. The van der Waals surface area contributed by atoms with Crippen molar-refractivity contribution in [1.29, 1.82) is 0 Å². The minimum Gasteiger partial charge on any atom is -0.438 e.